The zero-order valence-electron chi connectivity index (χ0n) is 9.33. The van der Waals surface area contributed by atoms with Crippen LogP contribution in [-0.2, 0) is 4.74 Å². The van der Waals surface area contributed by atoms with Crippen molar-refractivity contribution in [3.63, 3.8) is 0 Å². The molecule has 0 aliphatic carbocycles. The zero-order chi connectivity index (χ0) is 12.5. The maximum absolute atomic E-state index is 11.6. The van der Waals surface area contributed by atoms with E-state index in [1.54, 1.807) is 20.8 Å². The van der Waals surface area contributed by atoms with E-state index in [1.807, 2.05) is 0 Å². The number of H-pyrrole nitrogens is 1. The number of anilines is 1. The molecule has 1 aromatic rings. The summed E-state index contributed by atoms with van der Waals surface area (Å²) in [6.45, 7) is 5.05. The SMILES string of the molecule is CC(C)(C)OC(=O)c1c(N)cc(=O)[nH]c1O. The number of aromatic hydroxyl groups is 1. The second kappa shape index (κ2) is 3.88. The van der Waals surface area contributed by atoms with Crippen molar-refractivity contribution in [2.75, 3.05) is 5.73 Å². The lowest BCUT2D eigenvalue weighted by molar-refractivity contribution is 0.00674. The lowest BCUT2D eigenvalue weighted by atomic mass is 10.1. The van der Waals surface area contributed by atoms with Gasteiger partial charge in [0.25, 0.3) is 5.56 Å². The highest BCUT2D eigenvalue weighted by molar-refractivity contribution is 5.97. The quantitative estimate of drug-likeness (QED) is 0.608. The number of aromatic amines is 1. The molecule has 0 saturated carbocycles. The number of ether oxygens (including phenoxy) is 1. The fraction of sp³-hybridized carbons (Fsp3) is 0.400. The molecule has 0 radical (unpaired) electrons. The summed E-state index contributed by atoms with van der Waals surface area (Å²) < 4.78 is 5.02. The summed E-state index contributed by atoms with van der Waals surface area (Å²) in [4.78, 5) is 24.6. The molecule has 0 bridgehead atoms. The number of esters is 1. The Morgan fingerprint density at radius 1 is 1.50 bits per heavy atom. The van der Waals surface area contributed by atoms with Crippen LogP contribution in [0.5, 0.6) is 5.88 Å². The van der Waals surface area contributed by atoms with Gasteiger partial charge < -0.3 is 15.6 Å². The largest absolute Gasteiger partial charge is 0.494 e. The lowest BCUT2D eigenvalue weighted by Gasteiger charge is -2.20. The van der Waals surface area contributed by atoms with E-state index in [4.69, 9.17) is 10.5 Å². The first-order chi connectivity index (χ1) is 7.20. The van der Waals surface area contributed by atoms with Crippen LogP contribution in [0.25, 0.3) is 0 Å². The van der Waals surface area contributed by atoms with Gasteiger partial charge in [0.2, 0.25) is 5.88 Å². The minimum atomic E-state index is -0.779. The fourth-order valence-electron chi connectivity index (χ4n) is 1.11. The minimum Gasteiger partial charge on any atom is -0.494 e. The van der Waals surface area contributed by atoms with E-state index in [0.29, 0.717) is 0 Å². The molecule has 0 spiro atoms. The van der Waals surface area contributed by atoms with Crippen molar-refractivity contribution in [1.82, 2.24) is 4.98 Å². The summed E-state index contributed by atoms with van der Waals surface area (Å²) in [6, 6.07) is 1.01. The third-order valence-electron chi connectivity index (χ3n) is 1.66. The molecule has 6 heteroatoms. The smallest absolute Gasteiger partial charge is 0.346 e. The van der Waals surface area contributed by atoms with Crippen molar-refractivity contribution in [1.29, 1.82) is 0 Å². The van der Waals surface area contributed by atoms with E-state index in [9.17, 15) is 14.7 Å². The van der Waals surface area contributed by atoms with Gasteiger partial charge in [-0.3, -0.25) is 9.78 Å². The second-order valence-electron chi connectivity index (χ2n) is 4.31. The maximum atomic E-state index is 11.6. The molecular weight excluding hydrogens is 212 g/mol. The van der Waals surface area contributed by atoms with Gasteiger partial charge in [-0.1, -0.05) is 0 Å². The van der Waals surface area contributed by atoms with Gasteiger partial charge in [-0.25, -0.2) is 4.79 Å². The van der Waals surface area contributed by atoms with Crippen molar-refractivity contribution in [3.8, 4) is 5.88 Å². The van der Waals surface area contributed by atoms with Crippen molar-refractivity contribution in [3.05, 3.63) is 22.0 Å². The van der Waals surface area contributed by atoms with Crippen molar-refractivity contribution in [2.24, 2.45) is 0 Å². The molecular formula is C10H14N2O4. The summed E-state index contributed by atoms with van der Waals surface area (Å²) in [6.07, 6.45) is 0. The maximum Gasteiger partial charge on any atom is 0.346 e. The van der Waals surface area contributed by atoms with Crippen LogP contribution in [0.4, 0.5) is 5.69 Å². The summed E-state index contributed by atoms with van der Waals surface area (Å²) in [5.74, 6) is -1.36. The molecule has 0 aliphatic heterocycles. The van der Waals surface area contributed by atoms with E-state index in [2.05, 4.69) is 4.98 Å². The first-order valence-corrected chi connectivity index (χ1v) is 4.66. The van der Waals surface area contributed by atoms with Crippen LogP contribution in [0.3, 0.4) is 0 Å². The average Bonchev–Trinajstić information content (AvgIpc) is 1.96. The van der Waals surface area contributed by atoms with E-state index >= 15 is 0 Å². The Kier molecular flexibility index (Phi) is 2.93. The Bertz CT molecular complexity index is 444. The normalized spacial score (nSPS) is 11.2. The number of aromatic nitrogens is 1. The summed E-state index contributed by atoms with van der Waals surface area (Å²) in [5, 5.41) is 9.40. The monoisotopic (exact) mass is 226 g/mol. The van der Waals surface area contributed by atoms with Crippen molar-refractivity contribution in [2.45, 2.75) is 26.4 Å². The molecule has 0 aliphatic rings. The molecule has 0 aromatic carbocycles. The molecule has 0 unspecified atom stereocenters. The molecule has 4 N–H and O–H groups in total. The third kappa shape index (κ3) is 2.75. The lowest BCUT2D eigenvalue weighted by Crippen LogP contribution is -2.25. The molecule has 1 rings (SSSR count). The van der Waals surface area contributed by atoms with E-state index < -0.39 is 23.0 Å². The molecule has 88 valence electrons. The van der Waals surface area contributed by atoms with Gasteiger partial charge in [-0.2, -0.15) is 0 Å². The molecule has 0 saturated heterocycles. The van der Waals surface area contributed by atoms with Gasteiger partial charge in [-0.05, 0) is 20.8 Å². The fourth-order valence-corrected chi connectivity index (χ4v) is 1.11. The van der Waals surface area contributed by atoms with Gasteiger partial charge in [0.1, 0.15) is 11.2 Å². The van der Waals surface area contributed by atoms with Gasteiger partial charge in [0.15, 0.2) is 0 Å². The first kappa shape index (κ1) is 12.1. The number of pyridine rings is 1. The van der Waals surface area contributed by atoms with Gasteiger partial charge >= 0.3 is 5.97 Å². The van der Waals surface area contributed by atoms with Gasteiger partial charge in [0.05, 0.1) is 5.69 Å². The Morgan fingerprint density at radius 3 is 2.50 bits per heavy atom. The van der Waals surface area contributed by atoms with E-state index in [-0.39, 0.29) is 11.3 Å². The van der Waals surface area contributed by atoms with Crippen molar-refractivity contribution < 1.29 is 14.6 Å². The Balaban J connectivity index is 3.15. The number of hydrogen-bond acceptors (Lipinski definition) is 5. The van der Waals surface area contributed by atoms with Gasteiger partial charge in [0, 0.05) is 6.07 Å². The highest BCUT2D eigenvalue weighted by atomic mass is 16.6. The average molecular weight is 226 g/mol. The highest BCUT2D eigenvalue weighted by Gasteiger charge is 2.23. The number of nitrogens with two attached hydrogens (primary N) is 1. The van der Waals surface area contributed by atoms with Crippen LogP contribution in [-0.4, -0.2) is 21.7 Å². The topological polar surface area (TPSA) is 105 Å². The molecule has 0 atom stereocenters. The van der Waals surface area contributed by atoms with Crippen LogP contribution in [0.15, 0.2) is 10.9 Å². The highest BCUT2D eigenvalue weighted by Crippen LogP contribution is 2.21. The van der Waals surface area contributed by atoms with Crippen LogP contribution in [0.1, 0.15) is 31.1 Å². The molecule has 0 amide bonds. The number of rotatable bonds is 1. The van der Waals surface area contributed by atoms with Crippen LogP contribution >= 0.6 is 0 Å². The Hall–Kier alpha value is -1.98. The zero-order valence-corrected chi connectivity index (χ0v) is 9.33. The summed E-state index contributed by atoms with van der Waals surface area (Å²) >= 11 is 0. The van der Waals surface area contributed by atoms with Crippen LogP contribution < -0.4 is 11.3 Å². The summed E-state index contributed by atoms with van der Waals surface area (Å²) in [7, 11) is 0. The first-order valence-electron chi connectivity index (χ1n) is 4.66. The molecule has 1 aromatic heterocycles. The molecule has 16 heavy (non-hydrogen) atoms. The third-order valence-corrected chi connectivity index (χ3v) is 1.66. The number of nitrogen functional groups attached to an aromatic ring is 1. The number of hydrogen-bond donors (Lipinski definition) is 3. The van der Waals surface area contributed by atoms with Crippen molar-refractivity contribution >= 4 is 11.7 Å². The molecule has 6 nitrogen and oxygen atoms in total. The minimum absolute atomic E-state index is 0.115. The predicted molar refractivity (Wildman–Crippen MR) is 58.3 cm³/mol. The van der Waals surface area contributed by atoms with E-state index in [1.165, 1.54) is 0 Å². The second-order valence-corrected chi connectivity index (χ2v) is 4.31. The number of carbonyl (C=O) groups is 1. The standard InChI is InChI=1S/C10H14N2O4/c1-10(2,3)16-9(15)7-5(11)4-6(13)12-8(7)14/h4H,1-3H3,(H4,11,12,13,14). The number of carbonyl (C=O) groups excluding carboxylic acids is 1. The van der Waals surface area contributed by atoms with E-state index in [0.717, 1.165) is 6.07 Å². The predicted octanol–water partition coefficient (Wildman–Crippen LogP) is 0.618. The van der Waals surface area contributed by atoms with Crippen LogP contribution in [0.2, 0.25) is 0 Å². The molecule has 1 heterocycles. The van der Waals surface area contributed by atoms with Crippen LogP contribution in [0, 0.1) is 0 Å². The summed E-state index contributed by atoms with van der Waals surface area (Å²) in [5.41, 5.74) is 3.84. The van der Waals surface area contributed by atoms with Gasteiger partial charge in [-0.15, -0.1) is 0 Å². The Morgan fingerprint density at radius 2 is 2.06 bits per heavy atom. The molecule has 0 fully saturated rings. The number of nitrogens with one attached hydrogen (secondary N) is 1. The Labute approximate surface area is 92.0 Å².